The number of aromatic nitrogens is 1. The summed E-state index contributed by atoms with van der Waals surface area (Å²) in [6, 6.07) is 7.03. The van der Waals surface area contributed by atoms with Crippen LogP contribution in [-0.4, -0.2) is 25.6 Å². The summed E-state index contributed by atoms with van der Waals surface area (Å²) in [6.45, 7) is 6.99. The Labute approximate surface area is 147 Å². The summed E-state index contributed by atoms with van der Waals surface area (Å²) in [7, 11) is -3.83. The molecule has 0 unspecified atom stereocenters. The van der Waals surface area contributed by atoms with E-state index in [1.807, 2.05) is 6.92 Å². The lowest BCUT2D eigenvalue weighted by atomic mass is 10.1. The third kappa shape index (κ3) is 5.14. The van der Waals surface area contributed by atoms with Crippen molar-refractivity contribution in [3.05, 3.63) is 47.3 Å². The van der Waals surface area contributed by atoms with E-state index in [9.17, 15) is 13.2 Å². The number of esters is 1. The highest BCUT2D eigenvalue weighted by Gasteiger charge is 2.29. The molecule has 0 saturated carbocycles. The summed E-state index contributed by atoms with van der Waals surface area (Å²) in [5, 5.41) is 3.70. The minimum atomic E-state index is -3.83. The number of nitrogens with zero attached hydrogens (tertiary/aromatic N) is 1. The average molecular weight is 366 g/mol. The third-order valence-electron chi connectivity index (χ3n) is 3.57. The number of aryl methyl sites for hydroxylation is 2. The molecular weight excluding hydrogens is 344 g/mol. The van der Waals surface area contributed by atoms with Crippen molar-refractivity contribution in [3.63, 3.8) is 0 Å². The second-order valence-corrected chi connectivity index (χ2v) is 7.91. The van der Waals surface area contributed by atoms with Crippen LogP contribution in [0.2, 0.25) is 0 Å². The molecule has 0 amide bonds. The molecule has 0 saturated heterocycles. The van der Waals surface area contributed by atoms with Crippen molar-refractivity contribution in [2.24, 2.45) is 5.92 Å². The van der Waals surface area contributed by atoms with E-state index in [0.717, 1.165) is 5.56 Å². The van der Waals surface area contributed by atoms with Gasteiger partial charge in [0, 0.05) is 6.07 Å². The van der Waals surface area contributed by atoms with Crippen LogP contribution in [0.15, 0.2) is 39.8 Å². The van der Waals surface area contributed by atoms with E-state index in [0.29, 0.717) is 11.5 Å². The molecule has 1 aromatic carbocycles. The second kappa shape index (κ2) is 7.79. The summed E-state index contributed by atoms with van der Waals surface area (Å²) in [6.07, 6.45) is 0. The number of hydrogen-bond acceptors (Lipinski definition) is 6. The van der Waals surface area contributed by atoms with E-state index in [-0.39, 0.29) is 17.4 Å². The fourth-order valence-electron chi connectivity index (χ4n) is 2.13. The minimum Gasteiger partial charge on any atom is -0.456 e. The van der Waals surface area contributed by atoms with Crippen molar-refractivity contribution < 1.29 is 22.5 Å². The molecule has 136 valence electrons. The molecule has 25 heavy (non-hydrogen) atoms. The Bertz CT molecular complexity index is 825. The zero-order valence-corrected chi connectivity index (χ0v) is 15.5. The molecule has 0 radical (unpaired) electrons. The summed E-state index contributed by atoms with van der Waals surface area (Å²) < 4.78 is 37.5. The number of benzene rings is 1. The quantitative estimate of drug-likeness (QED) is 0.755. The van der Waals surface area contributed by atoms with Gasteiger partial charge in [-0.25, -0.2) is 8.42 Å². The molecule has 0 aliphatic rings. The number of hydrogen-bond donors (Lipinski definition) is 1. The van der Waals surface area contributed by atoms with Crippen LogP contribution in [0.4, 0.5) is 0 Å². The molecule has 1 aromatic heterocycles. The SMILES string of the molecule is Cc1ccc(S(=O)(=O)N[C@@H](C(=O)OCc2cc(C)no2)C(C)C)cc1. The highest BCUT2D eigenvalue weighted by molar-refractivity contribution is 7.89. The topological polar surface area (TPSA) is 98.5 Å². The van der Waals surface area contributed by atoms with E-state index >= 15 is 0 Å². The van der Waals surface area contributed by atoms with Gasteiger partial charge in [0.1, 0.15) is 6.04 Å². The fourth-order valence-corrected chi connectivity index (χ4v) is 3.46. The highest BCUT2D eigenvalue weighted by atomic mass is 32.2. The minimum absolute atomic E-state index is 0.0995. The number of nitrogens with one attached hydrogen (secondary N) is 1. The standard InChI is InChI=1S/C17H22N2O5S/c1-11(2)16(17(20)23-10-14-9-13(4)18-24-14)19-25(21,22)15-7-5-12(3)6-8-15/h5-9,11,16,19H,10H2,1-4H3/t16-/m1/s1. The lowest BCUT2D eigenvalue weighted by molar-refractivity contribution is -0.148. The van der Waals surface area contributed by atoms with Gasteiger partial charge in [0.25, 0.3) is 0 Å². The molecule has 0 aliphatic carbocycles. The summed E-state index contributed by atoms with van der Waals surface area (Å²) in [5.74, 6) is -0.557. The molecule has 0 spiro atoms. The van der Waals surface area contributed by atoms with Gasteiger partial charge in [-0.05, 0) is 31.9 Å². The molecule has 1 N–H and O–H groups in total. The van der Waals surface area contributed by atoms with Crippen LogP contribution in [0.25, 0.3) is 0 Å². The molecule has 2 rings (SSSR count). The van der Waals surface area contributed by atoms with Crippen LogP contribution in [0.5, 0.6) is 0 Å². The Kier molecular flexibility index (Phi) is 5.97. The van der Waals surface area contributed by atoms with Crippen LogP contribution in [0, 0.1) is 19.8 Å². The zero-order valence-electron chi connectivity index (χ0n) is 14.6. The maximum atomic E-state index is 12.5. The molecular formula is C17H22N2O5S. The first-order chi connectivity index (χ1) is 11.7. The van der Waals surface area contributed by atoms with Gasteiger partial charge in [0.05, 0.1) is 10.6 Å². The van der Waals surface area contributed by atoms with Crippen molar-refractivity contribution >= 4 is 16.0 Å². The molecule has 8 heteroatoms. The Balaban J connectivity index is 2.08. The van der Waals surface area contributed by atoms with Gasteiger partial charge < -0.3 is 9.26 Å². The second-order valence-electron chi connectivity index (χ2n) is 6.20. The molecule has 1 atom stereocenters. The molecule has 1 heterocycles. The number of carbonyl (C=O) groups is 1. The van der Waals surface area contributed by atoms with Crippen LogP contribution >= 0.6 is 0 Å². The van der Waals surface area contributed by atoms with Crippen LogP contribution in [0.3, 0.4) is 0 Å². The Morgan fingerprint density at radius 3 is 2.40 bits per heavy atom. The van der Waals surface area contributed by atoms with Crippen molar-refractivity contribution in [2.45, 2.75) is 45.2 Å². The van der Waals surface area contributed by atoms with E-state index in [4.69, 9.17) is 9.26 Å². The van der Waals surface area contributed by atoms with Crippen LogP contribution < -0.4 is 4.72 Å². The van der Waals surface area contributed by atoms with Crippen molar-refractivity contribution in [1.29, 1.82) is 0 Å². The Hall–Kier alpha value is -2.19. The molecule has 0 fully saturated rings. The largest absolute Gasteiger partial charge is 0.456 e. The van der Waals surface area contributed by atoms with Crippen LogP contribution in [0.1, 0.15) is 30.9 Å². The van der Waals surface area contributed by atoms with Gasteiger partial charge >= 0.3 is 5.97 Å². The Morgan fingerprint density at radius 1 is 1.24 bits per heavy atom. The van der Waals surface area contributed by atoms with Gasteiger partial charge in [-0.3, -0.25) is 4.79 Å². The van der Waals surface area contributed by atoms with Gasteiger partial charge in [-0.15, -0.1) is 0 Å². The Morgan fingerprint density at radius 2 is 1.88 bits per heavy atom. The first-order valence-corrected chi connectivity index (χ1v) is 9.35. The number of ether oxygens (including phenoxy) is 1. The molecule has 0 aliphatic heterocycles. The maximum Gasteiger partial charge on any atom is 0.324 e. The summed E-state index contributed by atoms with van der Waals surface area (Å²) in [5.41, 5.74) is 1.62. The van der Waals surface area contributed by atoms with E-state index in [1.165, 1.54) is 12.1 Å². The van der Waals surface area contributed by atoms with Gasteiger partial charge in [-0.1, -0.05) is 36.7 Å². The smallest absolute Gasteiger partial charge is 0.324 e. The fraction of sp³-hybridized carbons (Fsp3) is 0.412. The van der Waals surface area contributed by atoms with E-state index < -0.39 is 22.0 Å². The molecule has 2 aromatic rings. The first kappa shape index (κ1) is 19.1. The maximum absolute atomic E-state index is 12.5. The summed E-state index contributed by atoms with van der Waals surface area (Å²) in [4.78, 5) is 12.4. The number of carbonyl (C=O) groups excluding carboxylic acids is 1. The molecule has 0 bridgehead atoms. The van der Waals surface area contributed by atoms with Gasteiger partial charge in [0.2, 0.25) is 10.0 Å². The lowest BCUT2D eigenvalue weighted by Crippen LogP contribution is -2.45. The first-order valence-electron chi connectivity index (χ1n) is 7.87. The zero-order chi connectivity index (χ0) is 18.6. The van der Waals surface area contributed by atoms with E-state index in [1.54, 1.807) is 39.0 Å². The highest BCUT2D eigenvalue weighted by Crippen LogP contribution is 2.14. The van der Waals surface area contributed by atoms with Gasteiger partial charge in [-0.2, -0.15) is 4.72 Å². The van der Waals surface area contributed by atoms with Gasteiger partial charge in [0.15, 0.2) is 12.4 Å². The van der Waals surface area contributed by atoms with Crippen molar-refractivity contribution in [1.82, 2.24) is 9.88 Å². The molecule has 7 nitrogen and oxygen atoms in total. The van der Waals surface area contributed by atoms with Crippen LogP contribution in [-0.2, 0) is 26.2 Å². The number of sulfonamides is 1. The monoisotopic (exact) mass is 366 g/mol. The average Bonchev–Trinajstić information content (AvgIpc) is 2.96. The lowest BCUT2D eigenvalue weighted by Gasteiger charge is -2.20. The predicted octanol–water partition coefficient (Wildman–Crippen LogP) is 2.34. The van der Waals surface area contributed by atoms with Crippen molar-refractivity contribution in [2.75, 3.05) is 0 Å². The van der Waals surface area contributed by atoms with E-state index in [2.05, 4.69) is 9.88 Å². The predicted molar refractivity (Wildman–Crippen MR) is 91.2 cm³/mol. The summed E-state index contributed by atoms with van der Waals surface area (Å²) >= 11 is 0. The normalized spacial score (nSPS) is 13.0. The third-order valence-corrected chi connectivity index (χ3v) is 5.02. The number of rotatable bonds is 7. The van der Waals surface area contributed by atoms with Crippen molar-refractivity contribution in [3.8, 4) is 0 Å².